The number of hydrogen-bond donors (Lipinski definition) is 1. The fourth-order valence-electron chi connectivity index (χ4n) is 2.99. The second kappa shape index (κ2) is 9.43. The van der Waals surface area contributed by atoms with Crippen molar-refractivity contribution in [2.24, 2.45) is 0 Å². The average Bonchev–Trinajstić information content (AvgIpc) is 2.60. The van der Waals surface area contributed by atoms with Crippen molar-refractivity contribution in [2.75, 3.05) is 10.8 Å². The zero-order valence-electron chi connectivity index (χ0n) is 16.7. The first kappa shape index (κ1) is 22.2. The van der Waals surface area contributed by atoms with Crippen LogP contribution in [0.5, 0.6) is 0 Å². The summed E-state index contributed by atoms with van der Waals surface area (Å²) in [4.78, 5) is 12.7. The highest BCUT2D eigenvalue weighted by atomic mass is 35.5. The van der Waals surface area contributed by atoms with E-state index in [1.165, 1.54) is 0 Å². The van der Waals surface area contributed by atoms with Crippen molar-refractivity contribution in [3.63, 3.8) is 0 Å². The number of carbonyl (C=O) groups is 1. The summed E-state index contributed by atoms with van der Waals surface area (Å²) in [6, 6.07) is 11.5. The number of aryl methyl sites for hydroxylation is 2. The molecule has 0 aliphatic rings. The van der Waals surface area contributed by atoms with E-state index >= 15 is 0 Å². The van der Waals surface area contributed by atoms with Crippen LogP contribution >= 0.6 is 11.6 Å². The quantitative estimate of drug-likeness (QED) is 0.683. The molecule has 0 spiro atoms. The van der Waals surface area contributed by atoms with Gasteiger partial charge in [0.1, 0.15) is 6.54 Å². The lowest BCUT2D eigenvalue weighted by atomic mass is 10.2. The summed E-state index contributed by atoms with van der Waals surface area (Å²) >= 11 is 6.03. The second-order valence-electron chi connectivity index (χ2n) is 7.01. The molecule has 0 fully saturated rings. The number of amides is 1. The minimum atomic E-state index is -3.92. The molecule has 1 amide bonds. The molecule has 1 unspecified atom stereocenters. The molecule has 1 atom stereocenters. The maximum atomic E-state index is 13.3. The maximum Gasteiger partial charge on any atom is 0.264 e. The summed E-state index contributed by atoms with van der Waals surface area (Å²) in [6.45, 7) is 7.31. The lowest BCUT2D eigenvalue weighted by Crippen LogP contribution is -2.43. The third-order valence-electron chi connectivity index (χ3n) is 4.45. The molecule has 28 heavy (non-hydrogen) atoms. The van der Waals surface area contributed by atoms with Crippen LogP contribution in [-0.2, 0) is 14.8 Å². The van der Waals surface area contributed by atoms with Crippen LogP contribution in [0.25, 0.3) is 0 Å². The number of halogens is 1. The number of rotatable bonds is 8. The van der Waals surface area contributed by atoms with Gasteiger partial charge in [0.2, 0.25) is 5.91 Å². The van der Waals surface area contributed by atoms with Gasteiger partial charge in [-0.3, -0.25) is 9.10 Å². The highest BCUT2D eigenvalue weighted by Gasteiger charge is 2.28. The van der Waals surface area contributed by atoms with Crippen LogP contribution in [0.2, 0.25) is 5.02 Å². The Labute approximate surface area is 172 Å². The van der Waals surface area contributed by atoms with Gasteiger partial charge in [0.05, 0.1) is 10.6 Å². The number of carbonyl (C=O) groups excluding carboxylic acids is 1. The van der Waals surface area contributed by atoms with E-state index in [-0.39, 0.29) is 23.4 Å². The maximum absolute atomic E-state index is 13.3. The Kier molecular flexibility index (Phi) is 7.49. The molecule has 0 bridgehead atoms. The number of anilines is 1. The molecule has 0 saturated carbocycles. The standard InChI is InChI=1S/C21H27ClN2O3S/c1-5-6-17(4)23-21(25)14-24(20-12-9-18(22)13-16(20)3)28(26,27)19-10-7-15(2)8-11-19/h7-13,17H,5-6,14H2,1-4H3,(H,23,25). The fraction of sp³-hybridized carbons (Fsp3) is 0.381. The van der Waals surface area contributed by atoms with Crippen LogP contribution in [0.3, 0.4) is 0 Å². The minimum absolute atomic E-state index is 0.0206. The largest absolute Gasteiger partial charge is 0.352 e. The first-order valence-corrected chi connectivity index (χ1v) is 11.1. The van der Waals surface area contributed by atoms with Gasteiger partial charge in [-0.25, -0.2) is 8.42 Å². The van der Waals surface area contributed by atoms with Crippen molar-refractivity contribution < 1.29 is 13.2 Å². The average molecular weight is 423 g/mol. The molecule has 0 aliphatic carbocycles. The topological polar surface area (TPSA) is 66.5 Å². The van der Waals surface area contributed by atoms with Crippen LogP contribution in [0.15, 0.2) is 47.4 Å². The molecule has 0 aliphatic heterocycles. The Morgan fingerprint density at radius 1 is 1.14 bits per heavy atom. The number of hydrogen-bond acceptors (Lipinski definition) is 3. The highest BCUT2D eigenvalue weighted by Crippen LogP contribution is 2.29. The first-order valence-electron chi connectivity index (χ1n) is 9.30. The molecule has 2 aromatic carbocycles. The number of benzene rings is 2. The summed E-state index contributed by atoms with van der Waals surface area (Å²) in [5.74, 6) is -0.342. The highest BCUT2D eigenvalue weighted by molar-refractivity contribution is 7.92. The van der Waals surface area contributed by atoms with Gasteiger partial charge in [0.25, 0.3) is 10.0 Å². The van der Waals surface area contributed by atoms with Gasteiger partial charge in [0, 0.05) is 11.1 Å². The first-order chi connectivity index (χ1) is 13.1. The van der Waals surface area contributed by atoms with Crippen LogP contribution in [0, 0.1) is 13.8 Å². The summed E-state index contributed by atoms with van der Waals surface area (Å²) in [6.07, 6.45) is 1.76. The molecule has 0 aromatic heterocycles. The van der Waals surface area contributed by atoms with Gasteiger partial charge in [-0.15, -0.1) is 0 Å². The normalized spacial score (nSPS) is 12.5. The van der Waals surface area contributed by atoms with E-state index < -0.39 is 10.0 Å². The van der Waals surface area contributed by atoms with Crippen molar-refractivity contribution in [3.05, 3.63) is 58.6 Å². The molecule has 152 valence electrons. The van der Waals surface area contributed by atoms with Crippen molar-refractivity contribution in [2.45, 2.75) is 51.5 Å². The molecule has 0 heterocycles. The van der Waals surface area contributed by atoms with Crippen LogP contribution < -0.4 is 9.62 Å². The van der Waals surface area contributed by atoms with Gasteiger partial charge in [-0.2, -0.15) is 0 Å². The van der Waals surface area contributed by atoms with Crippen LogP contribution in [-0.4, -0.2) is 26.9 Å². The SMILES string of the molecule is CCCC(C)NC(=O)CN(c1ccc(Cl)cc1C)S(=O)(=O)c1ccc(C)cc1. The molecule has 1 N–H and O–H groups in total. The van der Waals surface area contributed by atoms with Crippen LogP contribution in [0.1, 0.15) is 37.8 Å². The van der Waals surface area contributed by atoms with Crippen molar-refractivity contribution in [1.82, 2.24) is 5.32 Å². The van der Waals surface area contributed by atoms with Gasteiger partial charge < -0.3 is 5.32 Å². The zero-order valence-corrected chi connectivity index (χ0v) is 18.3. The van der Waals surface area contributed by atoms with Gasteiger partial charge in [-0.05, 0) is 63.1 Å². The number of nitrogens with one attached hydrogen (secondary N) is 1. The van der Waals surface area contributed by atoms with E-state index in [2.05, 4.69) is 5.32 Å². The third kappa shape index (κ3) is 5.49. The monoisotopic (exact) mass is 422 g/mol. The van der Waals surface area contributed by atoms with Crippen LogP contribution in [0.4, 0.5) is 5.69 Å². The molecular weight excluding hydrogens is 396 g/mol. The van der Waals surface area contributed by atoms with E-state index in [0.29, 0.717) is 16.3 Å². The lowest BCUT2D eigenvalue weighted by Gasteiger charge is -2.26. The fourth-order valence-corrected chi connectivity index (χ4v) is 4.70. The Morgan fingerprint density at radius 3 is 2.36 bits per heavy atom. The predicted molar refractivity (Wildman–Crippen MR) is 114 cm³/mol. The van der Waals surface area contributed by atoms with E-state index in [4.69, 9.17) is 11.6 Å². The zero-order chi connectivity index (χ0) is 20.9. The van der Waals surface area contributed by atoms with Crippen molar-refractivity contribution in [1.29, 1.82) is 0 Å². The summed E-state index contributed by atoms with van der Waals surface area (Å²) in [7, 11) is -3.92. The molecule has 5 nitrogen and oxygen atoms in total. The van der Waals surface area contributed by atoms with Gasteiger partial charge >= 0.3 is 0 Å². The smallest absolute Gasteiger partial charge is 0.264 e. The Hall–Kier alpha value is -2.05. The van der Waals surface area contributed by atoms with Crippen molar-refractivity contribution >= 4 is 33.2 Å². The van der Waals surface area contributed by atoms with E-state index in [0.717, 1.165) is 22.7 Å². The molecular formula is C21H27ClN2O3S. The molecule has 2 rings (SSSR count). The molecule has 0 saturated heterocycles. The number of nitrogens with zero attached hydrogens (tertiary/aromatic N) is 1. The Balaban J connectivity index is 2.44. The van der Waals surface area contributed by atoms with E-state index in [9.17, 15) is 13.2 Å². The van der Waals surface area contributed by atoms with Gasteiger partial charge in [-0.1, -0.05) is 42.6 Å². The molecule has 0 radical (unpaired) electrons. The second-order valence-corrected chi connectivity index (χ2v) is 9.31. The summed E-state index contributed by atoms with van der Waals surface area (Å²) < 4.78 is 27.8. The summed E-state index contributed by atoms with van der Waals surface area (Å²) in [5.41, 5.74) is 2.07. The predicted octanol–water partition coefficient (Wildman–Crippen LogP) is 4.46. The lowest BCUT2D eigenvalue weighted by molar-refractivity contribution is -0.120. The Morgan fingerprint density at radius 2 is 1.79 bits per heavy atom. The third-order valence-corrected chi connectivity index (χ3v) is 6.46. The minimum Gasteiger partial charge on any atom is -0.352 e. The molecule has 7 heteroatoms. The van der Waals surface area contributed by atoms with Gasteiger partial charge in [0.15, 0.2) is 0 Å². The number of sulfonamides is 1. The molecule has 2 aromatic rings. The van der Waals surface area contributed by atoms with Crippen molar-refractivity contribution in [3.8, 4) is 0 Å². The Bertz CT molecular complexity index is 927. The summed E-state index contributed by atoms with van der Waals surface area (Å²) in [5, 5.41) is 3.38. The van der Waals surface area contributed by atoms with E-state index in [1.807, 2.05) is 20.8 Å². The van der Waals surface area contributed by atoms with E-state index in [1.54, 1.807) is 49.4 Å².